The van der Waals surface area contributed by atoms with Crippen molar-refractivity contribution in [2.75, 3.05) is 31.7 Å². The van der Waals surface area contributed by atoms with Gasteiger partial charge >= 0.3 is 5.97 Å². The van der Waals surface area contributed by atoms with Crippen LogP contribution in [0.15, 0.2) is 49.1 Å². The molecule has 180 valence electrons. The van der Waals surface area contributed by atoms with Crippen LogP contribution < -0.4 is 24.8 Å². The minimum absolute atomic E-state index is 0.239. The largest absolute Gasteiger partial charge is 0.486 e. The third-order valence-electron chi connectivity index (χ3n) is 4.88. The SMILES string of the molecule is C=CCc1c(OC(C)C(=O)OCC)cccc1C(=O)NCC(=O)Nc1ccc2c(c1)OCCO2. The fourth-order valence-electron chi connectivity index (χ4n) is 3.32. The summed E-state index contributed by atoms with van der Waals surface area (Å²) in [6, 6.07) is 10.0. The number of hydrogen-bond acceptors (Lipinski definition) is 7. The van der Waals surface area contributed by atoms with Crippen molar-refractivity contribution in [3.8, 4) is 17.2 Å². The Morgan fingerprint density at radius 1 is 1.15 bits per heavy atom. The Labute approximate surface area is 198 Å². The lowest BCUT2D eigenvalue weighted by atomic mass is 10.0. The Morgan fingerprint density at radius 2 is 1.91 bits per heavy atom. The van der Waals surface area contributed by atoms with E-state index >= 15 is 0 Å². The van der Waals surface area contributed by atoms with Gasteiger partial charge in [0.15, 0.2) is 17.6 Å². The number of benzene rings is 2. The standard InChI is InChI=1S/C25H28N2O7/c1-4-7-18-19(8-6-9-20(18)34-16(3)25(30)31-5-2)24(29)26-15-23(28)27-17-10-11-21-22(14-17)33-13-12-32-21/h4,6,8-11,14,16H,1,5,7,12-13,15H2,2-3H3,(H,26,29)(H,27,28). The predicted molar refractivity (Wildman–Crippen MR) is 125 cm³/mol. The number of carbonyl (C=O) groups is 3. The van der Waals surface area contributed by atoms with Crippen LogP contribution in [-0.2, 0) is 20.7 Å². The molecule has 2 aromatic rings. The van der Waals surface area contributed by atoms with Crippen LogP contribution in [0.25, 0.3) is 0 Å². The van der Waals surface area contributed by atoms with E-state index in [0.717, 1.165) is 0 Å². The van der Waals surface area contributed by atoms with Crippen LogP contribution in [0.5, 0.6) is 17.2 Å². The molecule has 1 atom stereocenters. The molecule has 1 aliphatic rings. The fourth-order valence-corrected chi connectivity index (χ4v) is 3.32. The van der Waals surface area contributed by atoms with E-state index in [4.69, 9.17) is 18.9 Å². The van der Waals surface area contributed by atoms with Gasteiger partial charge in [0.1, 0.15) is 19.0 Å². The lowest BCUT2D eigenvalue weighted by molar-refractivity contribution is -0.150. The summed E-state index contributed by atoms with van der Waals surface area (Å²) >= 11 is 0. The van der Waals surface area contributed by atoms with E-state index in [1.54, 1.807) is 56.3 Å². The normalized spacial score (nSPS) is 12.8. The third-order valence-corrected chi connectivity index (χ3v) is 4.88. The molecule has 2 N–H and O–H groups in total. The molecule has 0 aromatic heterocycles. The minimum atomic E-state index is -0.849. The Balaban J connectivity index is 1.65. The van der Waals surface area contributed by atoms with Crippen LogP contribution in [0.3, 0.4) is 0 Å². The van der Waals surface area contributed by atoms with E-state index in [9.17, 15) is 14.4 Å². The molecule has 9 heteroatoms. The van der Waals surface area contributed by atoms with Crippen molar-refractivity contribution in [3.05, 3.63) is 60.2 Å². The van der Waals surface area contributed by atoms with Gasteiger partial charge in [-0.05, 0) is 44.5 Å². The Kier molecular flexibility index (Phi) is 8.50. The number of allylic oxidation sites excluding steroid dienone is 1. The van der Waals surface area contributed by atoms with Gasteiger partial charge in [0.2, 0.25) is 5.91 Å². The smallest absolute Gasteiger partial charge is 0.347 e. The molecule has 3 rings (SSSR count). The summed E-state index contributed by atoms with van der Waals surface area (Å²) in [7, 11) is 0. The molecule has 0 saturated heterocycles. The second-order valence-corrected chi connectivity index (χ2v) is 7.38. The zero-order valence-electron chi connectivity index (χ0n) is 19.2. The first-order chi connectivity index (χ1) is 16.4. The number of fused-ring (bicyclic) bond motifs is 1. The molecule has 0 saturated carbocycles. The van der Waals surface area contributed by atoms with Crippen molar-refractivity contribution in [1.29, 1.82) is 0 Å². The second kappa shape index (κ2) is 11.7. The number of anilines is 1. The van der Waals surface area contributed by atoms with Crippen molar-refractivity contribution in [1.82, 2.24) is 5.32 Å². The molecule has 0 bridgehead atoms. The van der Waals surface area contributed by atoms with Crippen LogP contribution in [0.1, 0.15) is 29.8 Å². The maximum atomic E-state index is 12.9. The lowest BCUT2D eigenvalue weighted by Crippen LogP contribution is -2.33. The van der Waals surface area contributed by atoms with Crippen molar-refractivity contribution in [2.24, 2.45) is 0 Å². The van der Waals surface area contributed by atoms with Crippen LogP contribution >= 0.6 is 0 Å². The number of amides is 2. The highest BCUT2D eigenvalue weighted by atomic mass is 16.6. The molecular formula is C25H28N2O7. The highest BCUT2D eigenvalue weighted by molar-refractivity contribution is 6.00. The maximum absolute atomic E-state index is 12.9. The van der Waals surface area contributed by atoms with Crippen LogP contribution in [0.2, 0.25) is 0 Å². The summed E-state index contributed by atoms with van der Waals surface area (Å²) in [4.78, 5) is 37.2. The molecule has 1 aliphatic heterocycles. The number of ether oxygens (including phenoxy) is 4. The zero-order valence-corrected chi connectivity index (χ0v) is 19.2. The van der Waals surface area contributed by atoms with Crippen LogP contribution in [0.4, 0.5) is 5.69 Å². The van der Waals surface area contributed by atoms with Crippen molar-refractivity contribution in [2.45, 2.75) is 26.4 Å². The average molecular weight is 469 g/mol. The minimum Gasteiger partial charge on any atom is -0.486 e. The van der Waals surface area contributed by atoms with Crippen molar-refractivity contribution in [3.63, 3.8) is 0 Å². The Hall–Kier alpha value is -4.01. The highest BCUT2D eigenvalue weighted by Crippen LogP contribution is 2.32. The van der Waals surface area contributed by atoms with Gasteiger partial charge in [0.05, 0.1) is 13.2 Å². The summed E-state index contributed by atoms with van der Waals surface area (Å²) in [5, 5.41) is 5.33. The van der Waals surface area contributed by atoms with E-state index < -0.39 is 23.9 Å². The molecule has 34 heavy (non-hydrogen) atoms. The predicted octanol–water partition coefficient (Wildman–Crippen LogP) is 2.89. The Morgan fingerprint density at radius 3 is 2.65 bits per heavy atom. The van der Waals surface area contributed by atoms with E-state index in [2.05, 4.69) is 17.2 Å². The van der Waals surface area contributed by atoms with Gasteiger partial charge < -0.3 is 29.6 Å². The van der Waals surface area contributed by atoms with Gasteiger partial charge in [0.25, 0.3) is 5.91 Å². The molecule has 2 aromatic carbocycles. The first-order valence-electron chi connectivity index (χ1n) is 11.0. The molecule has 0 radical (unpaired) electrons. The van der Waals surface area contributed by atoms with Gasteiger partial charge in [-0.1, -0.05) is 12.1 Å². The summed E-state index contributed by atoms with van der Waals surface area (Å²) < 4.78 is 21.7. The highest BCUT2D eigenvalue weighted by Gasteiger charge is 2.21. The average Bonchev–Trinajstić information content (AvgIpc) is 2.83. The first-order valence-corrected chi connectivity index (χ1v) is 11.0. The molecule has 0 aliphatic carbocycles. The maximum Gasteiger partial charge on any atom is 0.347 e. The Bertz CT molecular complexity index is 1070. The van der Waals surface area contributed by atoms with Crippen LogP contribution in [0, 0.1) is 0 Å². The molecule has 2 amide bonds. The van der Waals surface area contributed by atoms with E-state index in [1.807, 2.05) is 0 Å². The molecule has 0 spiro atoms. The first kappa shape index (κ1) is 24.6. The number of nitrogens with one attached hydrogen (secondary N) is 2. The summed E-state index contributed by atoms with van der Waals surface area (Å²) in [5.74, 6) is 0.177. The van der Waals surface area contributed by atoms with Crippen molar-refractivity contribution < 1.29 is 33.3 Å². The lowest BCUT2D eigenvalue weighted by Gasteiger charge is -2.19. The number of carbonyl (C=O) groups excluding carboxylic acids is 3. The molecule has 9 nitrogen and oxygen atoms in total. The third kappa shape index (κ3) is 6.28. The molecule has 0 fully saturated rings. The summed E-state index contributed by atoms with van der Waals surface area (Å²) in [6.07, 6.45) is 1.11. The number of esters is 1. The van der Waals surface area contributed by atoms with Gasteiger partial charge in [-0.25, -0.2) is 4.79 Å². The van der Waals surface area contributed by atoms with Crippen LogP contribution in [-0.4, -0.2) is 50.3 Å². The number of rotatable bonds is 10. The quantitative estimate of drug-likeness (QED) is 0.407. The number of hydrogen-bond donors (Lipinski definition) is 2. The van der Waals surface area contributed by atoms with Gasteiger partial charge in [-0.2, -0.15) is 0 Å². The van der Waals surface area contributed by atoms with Gasteiger partial charge in [-0.3, -0.25) is 9.59 Å². The van der Waals surface area contributed by atoms with Crippen molar-refractivity contribution >= 4 is 23.5 Å². The topological polar surface area (TPSA) is 112 Å². The fraction of sp³-hybridized carbons (Fsp3) is 0.320. The molecular weight excluding hydrogens is 440 g/mol. The monoisotopic (exact) mass is 468 g/mol. The zero-order chi connectivity index (χ0) is 24.5. The summed E-state index contributed by atoms with van der Waals surface area (Å²) in [6.45, 7) is 7.93. The van der Waals surface area contributed by atoms with E-state index in [-0.39, 0.29) is 13.2 Å². The molecule has 1 unspecified atom stereocenters. The van der Waals surface area contributed by atoms with Gasteiger partial charge in [-0.15, -0.1) is 6.58 Å². The van der Waals surface area contributed by atoms with Gasteiger partial charge in [0, 0.05) is 22.9 Å². The summed E-state index contributed by atoms with van der Waals surface area (Å²) in [5.41, 5.74) is 1.40. The second-order valence-electron chi connectivity index (χ2n) is 7.38. The van der Waals surface area contributed by atoms with E-state index in [0.29, 0.717) is 53.7 Å². The molecule has 1 heterocycles. The van der Waals surface area contributed by atoms with E-state index in [1.165, 1.54) is 0 Å².